The molecule has 1 aromatic heterocycles. The summed E-state index contributed by atoms with van der Waals surface area (Å²) in [6.07, 6.45) is 4.00. The number of benzene rings is 1. The van der Waals surface area contributed by atoms with E-state index in [-0.39, 0.29) is 11.6 Å². The van der Waals surface area contributed by atoms with Crippen LogP contribution in [0.2, 0.25) is 5.02 Å². The van der Waals surface area contributed by atoms with Crippen molar-refractivity contribution >= 4 is 29.0 Å². The average molecular weight is 319 g/mol. The van der Waals surface area contributed by atoms with Crippen LogP contribution in [0, 0.1) is 6.92 Å². The highest BCUT2D eigenvalue weighted by Gasteiger charge is 2.11. The molecule has 0 radical (unpaired) electrons. The first-order valence-electron chi connectivity index (χ1n) is 7.16. The molecule has 6 heteroatoms. The van der Waals surface area contributed by atoms with Crippen molar-refractivity contribution in [1.29, 1.82) is 0 Å². The number of amides is 1. The number of rotatable bonds is 5. The normalized spacial score (nSPS) is 11.8. The second-order valence-corrected chi connectivity index (χ2v) is 5.51. The highest BCUT2D eigenvalue weighted by molar-refractivity contribution is 6.31. The van der Waals surface area contributed by atoms with Crippen LogP contribution in [-0.4, -0.2) is 21.9 Å². The summed E-state index contributed by atoms with van der Waals surface area (Å²) in [5.41, 5.74) is 1.75. The molecule has 2 N–H and O–H groups in total. The Balaban J connectivity index is 2.08. The summed E-state index contributed by atoms with van der Waals surface area (Å²) in [5.74, 6) is 0.345. The second-order valence-electron chi connectivity index (χ2n) is 5.11. The minimum atomic E-state index is -0.312. The molecule has 0 bridgehead atoms. The smallest absolute Gasteiger partial charge is 0.275 e. The van der Waals surface area contributed by atoms with Crippen molar-refractivity contribution in [2.24, 2.45) is 0 Å². The molecule has 1 heterocycles. The minimum Gasteiger partial charge on any atom is -0.366 e. The number of nitrogens with zero attached hydrogens (tertiary/aromatic N) is 2. The SMILES string of the molecule is CCC(C)Nc1cnc(C(=O)Nc2cccc(Cl)c2C)cn1. The van der Waals surface area contributed by atoms with Crippen molar-refractivity contribution in [1.82, 2.24) is 9.97 Å². The van der Waals surface area contributed by atoms with Crippen LogP contribution in [0.15, 0.2) is 30.6 Å². The van der Waals surface area contributed by atoms with Crippen LogP contribution in [0.5, 0.6) is 0 Å². The third kappa shape index (κ3) is 3.95. The number of hydrogen-bond donors (Lipinski definition) is 2. The van der Waals surface area contributed by atoms with Gasteiger partial charge >= 0.3 is 0 Å². The Morgan fingerprint density at radius 3 is 2.73 bits per heavy atom. The van der Waals surface area contributed by atoms with E-state index in [1.165, 1.54) is 6.20 Å². The maximum absolute atomic E-state index is 12.2. The molecule has 0 aliphatic rings. The Morgan fingerprint density at radius 2 is 2.09 bits per heavy atom. The summed E-state index contributed by atoms with van der Waals surface area (Å²) < 4.78 is 0. The van der Waals surface area contributed by atoms with E-state index in [0.29, 0.717) is 22.6 Å². The maximum Gasteiger partial charge on any atom is 0.275 e. The van der Waals surface area contributed by atoms with Crippen molar-refractivity contribution in [3.8, 4) is 0 Å². The first-order chi connectivity index (χ1) is 10.5. The number of nitrogens with one attached hydrogen (secondary N) is 2. The predicted molar refractivity (Wildman–Crippen MR) is 89.5 cm³/mol. The van der Waals surface area contributed by atoms with Gasteiger partial charge in [-0.1, -0.05) is 24.6 Å². The molecule has 0 saturated carbocycles. The summed E-state index contributed by atoms with van der Waals surface area (Å²) >= 11 is 6.04. The lowest BCUT2D eigenvalue weighted by atomic mass is 10.2. The number of anilines is 2. The topological polar surface area (TPSA) is 66.9 Å². The van der Waals surface area contributed by atoms with E-state index in [2.05, 4.69) is 34.4 Å². The van der Waals surface area contributed by atoms with Gasteiger partial charge in [0, 0.05) is 16.8 Å². The third-order valence-electron chi connectivity index (χ3n) is 3.41. The van der Waals surface area contributed by atoms with Crippen LogP contribution >= 0.6 is 11.6 Å². The largest absolute Gasteiger partial charge is 0.366 e. The van der Waals surface area contributed by atoms with Gasteiger partial charge in [0.1, 0.15) is 11.5 Å². The number of halogens is 1. The summed E-state index contributed by atoms with van der Waals surface area (Å²) in [6, 6.07) is 5.67. The van der Waals surface area contributed by atoms with Crippen LogP contribution in [0.25, 0.3) is 0 Å². The van der Waals surface area contributed by atoms with Gasteiger partial charge in [-0.3, -0.25) is 4.79 Å². The van der Waals surface area contributed by atoms with Gasteiger partial charge in [-0.15, -0.1) is 0 Å². The van der Waals surface area contributed by atoms with Gasteiger partial charge in [-0.2, -0.15) is 0 Å². The third-order valence-corrected chi connectivity index (χ3v) is 3.82. The van der Waals surface area contributed by atoms with E-state index >= 15 is 0 Å². The van der Waals surface area contributed by atoms with Gasteiger partial charge in [-0.05, 0) is 38.0 Å². The maximum atomic E-state index is 12.2. The zero-order valence-corrected chi connectivity index (χ0v) is 13.6. The van der Waals surface area contributed by atoms with E-state index in [1.54, 1.807) is 24.4 Å². The molecule has 116 valence electrons. The molecule has 22 heavy (non-hydrogen) atoms. The van der Waals surface area contributed by atoms with Crippen LogP contribution in [0.3, 0.4) is 0 Å². The Kier molecular flexibility index (Phi) is 5.33. The van der Waals surface area contributed by atoms with Gasteiger partial charge in [0.15, 0.2) is 0 Å². The molecule has 1 amide bonds. The summed E-state index contributed by atoms with van der Waals surface area (Å²) in [5, 5.41) is 6.60. The molecule has 5 nitrogen and oxygen atoms in total. The number of aromatic nitrogens is 2. The molecule has 0 aliphatic carbocycles. The fourth-order valence-electron chi connectivity index (χ4n) is 1.80. The molecular formula is C16H19ClN4O. The van der Waals surface area contributed by atoms with E-state index in [9.17, 15) is 4.79 Å². The van der Waals surface area contributed by atoms with Crippen LogP contribution in [-0.2, 0) is 0 Å². The van der Waals surface area contributed by atoms with E-state index in [1.807, 2.05) is 6.92 Å². The first-order valence-corrected chi connectivity index (χ1v) is 7.54. The summed E-state index contributed by atoms with van der Waals surface area (Å²) in [6.45, 7) is 5.99. The lowest BCUT2D eigenvalue weighted by Gasteiger charge is -2.12. The summed E-state index contributed by atoms with van der Waals surface area (Å²) in [4.78, 5) is 20.5. The molecule has 0 aliphatic heterocycles. The predicted octanol–water partition coefficient (Wildman–Crippen LogP) is 3.90. The number of hydrogen-bond acceptors (Lipinski definition) is 4. The zero-order chi connectivity index (χ0) is 16.1. The van der Waals surface area contributed by atoms with Crippen molar-refractivity contribution in [3.05, 3.63) is 46.9 Å². The molecule has 2 aromatic rings. The lowest BCUT2D eigenvalue weighted by molar-refractivity contribution is 0.102. The van der Waals surface area contributed by atoms with Crippen LogP contribution in [0.1, 0.15) is 36.3 Å². The summed E-state index contributed by atoms with van der Waals surface area (Å²) in [7, 11) is 0. The van der Waals surface area contributed by atoms with Gasteiger partial charge in [0.05, 0.1) is 12.4 Å². The lowest BCUT2D eigenvalue weighted by Crippen LogP contribution is -2.17. The molecule has 1 unspecified atom stereocenters. The minimum absolute atomic E-state index is 0.258. The molecule has 1 aromatic carbocycles. The average Bonchev–Trinajstić information content (AvgIpc) is 2.52. The highest BCUT2D eigenvalue weighted by Crippen LogP contribution is 2.23. The fraction of sp³-hybridized carbons (Fsp3) is 0.312. The van der Waals surface area contributed by atoms with Crippen LogP contribution < -0.4 is 10.6 Å². The quantitative estimate of drug-likeness (QED) is 0.877. The van der Waals surface area contributed by atoms with Crippen molar-refractivity contribution in [2.75, 3.05) is 10.6 Å². The molecule has 2 rings (SSSR count). The van der Waals surface area contributed by atoms with E-state index < -0.39 is 0 Å². The number of carbonyl (C=O) groups excluding carboxylic acids is 1. The van der Waals surface area contributed by atoms with Crippen molar-refractivity contribution in [2.45, 2.75) is 33.2 Å². The fourth-order valence-corrected chi connectivity index (χ4v) is 1.98. The van der Waals surface area contributed by atoms with Crippen molar-refractivity contribution < 1.29 is 4.79 Å². The van der Waals surface area contributed by atoms with Gasteiger partial charge in [-0.25, -0.2) is 9.97 Å². The first kappa shape index (κ1) is 16.2. The number of carbonyl (C=O) groups is 1. The molecular weight excluding hydrogens is 300 g/mol. The highest BCUT2D eigenvalue weighted by atomic mass is 35.5. The van der Waals surface area contributed by atoms with Gasteiger partial charge < -0.3 is 10.6 Å². The Hall–Kier alpha value is -2.14. The van der Waals surface area contributed by atoms with E-state index in [4.69, 9.17) is 11.6 Å². The van der Waals surface area contributed by atoms with E-state index in [0.717, 1.165) is 12.0 Å². The Labute approximate surface area is 135 Å². The Morgan fingerprint density at radius 1 is 1.32 bits per heavy atom. The monoisotopic (exact) mass is 318 g/mol. The molecule has 0 saturated heterocycles. The second kappa shape index (κ2) is 7.22. The van der Waals surface area contributed by atoms with Crippen LogP contribution in [0.4, 0.5) is 11.5 Å². The zero-order valence-electron chi connectivity index (χ0n) is 12.9. The standard InChI is InChI=1S/C16H19ClN4O/c1-4-10(2)20-15-9-18-14(8-19-15)16(22)21-13-7-5-6-12(17)11(13)3/h5-10H,4H2,1-3H3,(H,19,20)(H,21,22). The van der Waals surface area contributed by atoms with Gasteiger partial charge in [0.2, 0.25) is 0 Å². The molecule has 1 atom stereocenters. The Bertz CT molecular complexity index is 658. The van der Waals surface area contributed by atoms with Gasteiger partial charge in [0.25, 0.3) is 5.91 Å². The van der Waals surface area contributed by atoms with Crippen molar-refractivity contribution in [3.63, 3.8) is 0 Å². The molecule has 0 fully saturated rings. The molecule has 0 spiro atoms.